The number of hydrogen-bond acceptors (Lipinski definition) is 9. The molecule has 2 aromatic heterocycles. The molecule has 6 bridgehead atoms. The number of hydrazine groups is 1. The van der Waals surface area contributed by atoms with E-state index in [0.717, 1.165) is 62.5 Å². The van der Waals surface area contributed by atoms with Crippen LogP contribution in [0.4, 0.5) is 4.79 Å². The van der Waals surface area contributed by atoms with Crippen molar-refractivity contribution >= 4 is 51.9 Å². The van der Waals surface area contributed by atoms with Gasteiger partial charge in [0.25, 0.3) is 5.91 Å². The molecule has 0 aliphatic carbocycles. The van der Waals surface area contributed by atoms with E-state index in [0.29, 0.717) is 45.4 Å². The number of allylic oxidation sites excluding steroid dienone is 2. The van der Waals surface area contributed by atoms with Crippen molar-refractivity contribution in [3.8, 4) is 11.3 Å². The number of benzene rings is 1. The summed E-state index contributed by atoms with van der Waals surface area (Å²) in [5, 5.41) is 8.30. The van der Waals surface area contributed by atoms with Gasteiger partial charge in [-0.3, -0.25) is 19.6 Å². The molecule has 0 radical (unpaired) electrons. The Labute approximate surface area is 316 Å². The van der Waals surface area contributed by atoms with Crippen molar-refractivity contribution < 1.29 is 23.9 Å². The number of aliphatic imine (C=N–C) groups is 1. The lowest BCUT2D eigenvalue weighted by molar-refractivity contribution is -0.155. The number of nitrogens with one attached hydrogen (secondary N) is 2. The van der Waals surface area contributed by atoms with E-state index in [-0.39, 0.29) is 31.1 Å². The Hall–Kier alpha value is -4.33. The number of urea groups is 1. The first kappa shape index (κ1) is 38.4. The lowest BCUT2D eigenvalue weighted by atomic mass is 9.84. The van der Waals surface area contributed by atoms with Crippen LogP contribution in [0.2, 0.25) is 0 Å². The Kier molecular flexibility index (Phi) is 11.9. The van der Waals surface area contributed by atoms with Crippen molar-refractivity contribution in [2.24, 2.45) is 10.4 Å². The summed E-state index contributed by atoms with van der Waals surface area (Å²) in [6, 6.07) is 4.59. The highest BCUT2D eigenvalue weighted by molar-refractivity contribution is 7.10. The van der Waals surface area contributed by atoms with Gasteiger partial charge < -0.3 is 24.3 Å². The molecule has 6 rings (SSSR count). The normalized spacial score (nSPS) is 22.1. The van der Waals surface area contributed by atoms with E-state index in [9.17, 15) is 14.4 Å². The average Bonchev–Trinajstić information content (AvgIpc) is 3.93. The first-order chi connectivity index (χ1) is 25.5. The maximum atomic E-state index is 14.1. The van der Waals surface area contributed by atoms with Gasteiger partial charge in [-0.05, 0) is 70.6 Å². The lowest BCUT2D eigenvalue weighted by Crippen LogP contribution is -2.61. The van der Waals surface area contributed by atoms with E-state index in [2.05, 4.69) is 60.9 Å². The van der Waals surface area contributed by atoms with Crippen LogP contribution in [0.15, 0.2) is 46.9 Å². The number of carbonyl (C=O) groups is 3. The zero-order valence-corrected chi connectivity index (χ0v) is 32.7. The van der Waals surface area contributed by atoms with Crippen LogP contribution in [-0.4, -0.2) is 95.1 Å². The van der Waals surface area contributed by atoms with Crippen LogP contribution >= 0.6 is 11.3 Å². The monoisotopic (exact) mass is 743 g/mol. The minimum absolute atomic E-state index is 0.168. The molecule has 284 valence electrons. The first-order valence-corrected chi connectivity index (χ1v) is 19.6. The van der Waals surface area contributed by atoms with Crippen LogP contribution in [0, 0.1) is 5.41 Å². The number of hydrogen-bond donors (Lipinski definition) is 2. The van der Waals surface area contributed by atoms with Crippen LogP contribution in [0.25, 0.3) is 27.7 Å². The topological polar surface area (TPSA) is 130 Å². The zero-order valence-electron chi connectivity index (χ0n) is 31.9. The second-order valence-electron chi connectivity index (χ2n) is 14.9. The lowest BCUT2D eigenvalue weighted by Gasteiger charge is -2.35. The average molecular weight is 744 g/mol. The number of likely N-dealkylation sites (tertiary alicyclic amines) is 1. The molecule has 1 aromatic carbocycles. The molecule has 5 heterocycles. The van der Waals surface area contributed by atoms with Crippen molar-refractivity contribution in [1.82, 2.24) is 30.2 Å². The van der Waals surface area contributed by atoms with Gasteiger partial charge in [-0.25, -0.2) is 15.2 Å². The summed E-state index contributed by atoms with van der Waals surface area (Å²) in [6.45, 7) is 17.1. The quantitative estimate of drug-likeness (QED) is 0.169. The summed E-state index contributed by atoms with van der Waals surface area (Å²) in [4.78, 5) is 52.6. The summed E-state index contributed by atoms with van der Waals surface area (Å²) in [7, 11) is 1.68. The van der Waals surface area contributed by atoms with Gasteiger partial charge in [-0.1, -0.05) is 32.6 Å². The highest BCUT2D eigenvalue weighted by atomic mass is 32.1. The van der Waals surface area contributed by atoms with Crippen molar-refractivity contribution in [1.29, 1.82) is 0 Å². The molecule has 2 saturated heterocycles. The number of carbonyl (C=O) groups excluding carboxylic acids is 3. The van der Waals surface area contributed by atoms with E-state index >= 15 is 0 Å². The van der Waals surface area contributed by atoms with Crippen LogP contribution < -0.4 is 10.7 Å². The number of cyclic esters (lactones) is 1. The molecule has 2 fully saturated rings. The van der Waals surface area contributed by atoms with Crippen LogP contribution in [0.3, 0.4) is 0 Å². The van der Waals surface area contributed by atoms with Crippen molar-refractivity contribution in [2.45, 2.75) is 97.9 Å². The van der Waals surface area contributed by atoms with Gasteiger partial charge in [-0.15, -0.1) is 11.3 Å². The zero-order chi connectivity index (χ0) is 37.9. The van der Waals surface area contributed by atoms with Crippen LogP contribution in [0.5, 0.6) is 0 Å². The standard InChI is InChI=1S/C40H53N7O5S/c1-8-27(35(41-9-2)25(4)51-7)36-29-22-40(5,6)24-52-38(49)30-14-13-19-47(44-30)37(48)31(43-39(50)45-17-11-12-18-45)21-34-42-32(23-53-34)26-15-16-33(28(29)20-26)46(36)10-3/h8-9,15-16,20,23,25,30-31,44H,1,10-14,17-19,21-22,24H2,2-7H3,(H,43,50)/b35-27+,41-9-/t25-,30-,31-/m0/s1. The number of rotatable bonds is 7. The molecular formula is C40H53N7O5S. The molecule has 0 unspecified atom stereocenters. The maximum Gasteiger partial charge on any atom is 0.324 e. The highest BCUT2D eigenvalue weighted by Gasteiger charge is 2.36. The Morgan fingerprint density at radius 3 is 2.72 bits per heavy atom. The molecule has 3 atom stereocenters. The van der Waals surface area contributed by atoms with Crippen LogP contribution in [0.1, 0.15) is 76.6 Å². The molecule has 13 heteroatoms. The second-order valence-corrected chi connectivity index (χ2v) is 15.8. The molecule has 3 amide bonds. The SMILES string of the molecule is C=C/C(=C(\N=C/C)[C@H](C)OC)c1c2c3cc(ccc3n1CC)-c1csc(n1)C[C@H](NC(=O)N1CCCC1)C(=O)N1CCC[C@H](N1)C(=O)OCC(C)(C)C2. The maximum absolute atomic E-state index is 14.1. The van der Waals surface area contributed by atoms with Gasteiger partial charge in [0.1, 0.15) is 12.1 Å². The summed E-state index contributed by atoms with van der Waals surface area (Å²) in [5.74, 6) is -0.703. The number of methoxy groups -OCH3 is 1. The van der Waals surface area contributed by atoms with Crippen molar-refractivity contribution in [3.05, 3.63) is 58.2 Å². The number of thiazole rings is 1. The summed E-state index contributed by atoms with van der Waals surface area (Å²) >= 11 is 1.47. The minimum atomic E-state index is -0.865. The number of ether oxygens (including phenoxy) is 2. The van der Waals surface area contributed by atoms with Gasteiger partial charge in [0.05, 0.1) is 34.8 Å². The van der Waals surface area contributed by atoms with Gasteiger partial charge in [0.15, 0.2) is 0 Å². The van der Waals surface area contributed by atoms with E-state index in [1.54, 1.807) is 18.2 Å². The number of esters is 1. The predicted octanol–water partition coefficient (Wildman–Crippen LogP) is 6.15. The summed E-state index contributed by atoms with van der Waals surface area (Å²) in [5.41, 5.74) is 9.24. The number of aryl methyl sites for hydroxylation is 1. The fourth-order valence-electron chi connectivity index (χ4n) is 7.64. The number of fused-ring (bicyclic) bond motifs is 6. The molecule has 12 nitrogen and oxygen atoms in total. The van der Waals surface area contributed by atoms with Crippen molar-refractivity contribution in [3.63, 3.8) is 0 Å². The Morgan fingerprint density at radius 2 is 2.02 bits per heavy atom. The predicted molar refractivity (Wildman–Crippen MR) is 210 cm³/mol. The first-order valence-electron chi connectivity index (χ1n) is 18.8. The number of amides is 3. The minimum Gasteiger partial charge on any atom is -0.464 e. The van der Waals surface area contributed by atoms with Gasteiger partial charge >= 0.3 is 12.0 Å². The van der Waals surface area contributed by atoms with Gasteiger partial charge in [0, 0.05) is 78.8 Å². The smallest absolute Gasteiger partial charge is 0.324 e. The molecular weight excluding hydrogens is 691 g/mol. The third kappa shape index (κ3) is 8.12. The molecule has 3 aromatic rings. The van der Waals surface area contributed by atoms with E-state index in [1.165, 1.54) is 16.3 Å². The van der Waals surface area contributed by atoms with Crippen molar-refractivity contribution in [2.75, 3.05) is 33.4 Å². The third-order valence-corrected chi connectivity index (χ3v) is 11.3. The molecule has 0 saturated carbocycles. The summed E-state index contributed by atoms with van der Waals surface area (Å²) in [6.07, 6.45) is 7.20. The third-order valence-electron chi connectivity index (χ3n) is 10.4. The number of nitrogens with zero attached hydrogens (tertiary/aromatic N) is 5. The highest BCUT2D eigenvalue weighted by Crippen LogP contribution is 2.40. The van der Waals surface area contributed by atoms with E-state index in [4.69, 9.17) is 19.5 Å². The Bertz CT molecular complexity index is 1920. The second kappa shape index (κ2) is 16.4. The molecule has 3 aliphatic rings. The van der Waals surface area contributed by atoms with Crippen LogP contribution in [-0.2, 0) is 38.4 Å². The van der Waals surface area contributed by atoms with E-state index < -0.39 is 23.5 Å². The van der Waals surface area contributed by atoms with E-state index in [1.807, 2.05) is 25.3 Å². The Morgan fingerprint density at radius 1 is 1.25 bits per heavy atom. The fourth-order valence-corrected chi connectivity index (χ4v) is 8.49. The molecule has 3 aliphatic heterocycles. The molecule has 53 heavy (non-hydrogen) atoms. The molecule has 2 N–H and O–H groups in total. The van der Waals surface area contributed by atoms with Gasteiger partial charge in [-0.2, -0.15) is 0 Å². The largest absolute Gasteiger partial charge is 0.464 e. The fraction of sp³-hybridized carbons (Fsp3) is 0.525. The Balaban J connectivity index is 1.50. The van der Waals surface area contributed by atoms with Gasteiger partial charge in [0.2, 0.25) is 0 Å². The number of aromatic nitrogens is 2. The summed E-state index contributed by atoms with van der Waals surface area (Å²) < 4.78 is 14.1. The molecule has 0 spiro atoms.